The van der Waals surface area contributed by atoms with E-state index in [1.54, 1.807) is 0 Å². The predicted octanol–water partition coefficient (Wildman–Crippen LogP) is 4.37. The van der Waals surface area contributed by atoms with Crippen LogP contribution in [0.25, 0.3) is 0 Å². The molecule has 2 N–H and O–H groups in total. The highest BCUT2D eigenvalue weighted by molar-refractivity contribution is 7.80. The summed E-state index contributed by atoms with van der Waals surface area (Å²) in [5, 5.41) is 9.63. The first-order valence-corrected chi connectivity index (χ1v) is 11.5. The number of thiocarbonyl (C=S) groups is 1. The third-order valence-corrected chi connectivity index (χ3v) is 6.56. The molecule has 0 aliphatic carbocycles. The fourth-order valence-corrected chi connectivity index (χ4v) is 4.59. The van der Waals surface area contributed by atoms with Gasteiger partial charge in [0.15, 0.2) is 5.11 Å². The largest absolute Gasteiger partial charge is 0.360 e. The molecule has 28 heavy (non-hydrogen) atoms. The van der Waals surface area contributed by atoms with Crippen molar-refractivity contribution in [2.24, 2.45) is 0 Å². The average Bonchev–Trinajstić information content (AvgIpc) is 3.23. The number of thiophene rings is 1. The maximum absolute atomic E-state index is 5.56. The molecular weight excluding hydrogens is 384 g/mol. The molecule has 152 valence electrons. The van der Waals surface area contributed by atoms with Crippen LogP contribution in [-0.2, 0) is 6.42 Å². The van der Waals surface area contributed by atoms with E-state index in [4.69, 9.17) is 12.2 Å². The molecule has 1 atom stereocenters. The van der Waals surface area contributed by atoms with Gasteiger partial charge in [-0.25, -0.2) is 0 Å². The van der Waals surface area contributed by atoms with Crippen molar-refractivity contribution in [2.45, 2.75) is 32.2 Å². The van der Waals surface area contributed by atoms with E-state index in [1.165, 1.54) is 23.3 Å². The number of rotatable bonds is 8. The highest BCUT2D eigenvalue weighted by atomic mass is 32.1. The first kappa shape index (κ1) is 21.2. The minimum Gasteiger partial charge on any atom is -0.360 e. The number of nitrogens with one attached hydrogen (secondary N) is 2. The molecule has 1 saturated heterocycles. The van der Waals surface area contributed by atoms with Crippen molar-refractivity contribution in [1.82, 2.24) is 15.1 Å². The van der Waals surface area contributed by atoms with Crippen LogP contribution in [0.1, 0.15) is 36.2 Å². The van der Waals surface area contributed by atoms with Crippen molar-refractivity contribution in [3.8, 4) is 0 Å². The number of benzene rings is 1. The Morgan fingerprint density at radius 3 is 2.54 bits per heavy atom. The van der Waals surface area contributed by atoms with Crippen LogP contribution in [0.3, 0.4) is 0 Å². The van der Waals surface area contributed by atoms with Gasteiger partial charge in [0.05, 0.1) is 6.04 Å². The number of anilines is 1. The molecular formula is C22H32N4S2. The summed E-state index contributed by atoms with van der Waals surface area (Å²) in [7, 11) is 2.20. The molecule has 0 amide bonds. The zero-order chi connectivity index (χ0) is 19.8. The van der Waals surface area contributed by atoms with Gasteiger partial charge in [-0.3, -0.25) is 4.90 Å². The summed E-state index contributed by atoms with van der Waals surface area (Å²) in [4.78, 5) is 6.37. The molecule has 4 nitrogen and oxygen atoms in total. The van der Waals surface area contributed by atoms with Gasteiger partial charge in [0.1, 0.15) is 0 Å². The smallest absolute Gasteiger partial charge is 0.170 e. The number of aryl methyl sites for hydroxylation is 1. The Morgan fingerprint density at radius 1 is 1.14 bits per heavy atom. The summed E-state index contributed by atoms with van der Waals surface area (Å²) in [6.45, 7) is 7.49. The second-order valence-electron chi connectivity index (χ2n) is 7.51. The lowest BCUT2D eigenvalue weighted by molar-refractivity contribution is 0.114. The number of unbranched alkanes of at least 4 members (excludes halogenated alkanes) is 1. The first-order chi connectivity index (χ1) is 13.7. The van der Waals surface area contributed by atoms with E-state index in [0.29, 0.717) is 11.2 Å². The van der Waals surface area contributed by atoms with Gasteiger partial charge in [-0.1, -0.05) is 31.5 Å². The van der Waals surface area contributed by atoms with Crippen molar-refractivity contribution in [1.29, 1.82) is 0 Å². The zero-order valence-corrected chi connectivity index (χ0v) is 18.6. The molecule has 1 aliphatic heterocycles. The highest BCUT2D eigenvalue weighted by Crippen LogP contribution is 2.25. The molecule has 6 heteroatoms. The quantitative estimate of drug-likeness (QED) is 0.624. The number of piperazine rings is 1. The molecule has 0 spiro atoms. The van der Waals surface area contributed by atoms with Gasteiger partial charge in [0.25, 0.3) is 0 Å². The standard InChI is InChI=1S/C22H32N4S2/c1-3-4-6-18-8-10-19(11-9-18)24-22(27)23-17-20(21-7-5-16-28-21)26-14-12-25(2)13-15-26/h5,7-11,16,20H,3-4,6,12-15,17H2,1-2H3,(H2,23,24,27)/t20-/m0/s1. The van der Waals surface area contributed by atoms with Crippen LogP contribution in [-0.4, -0.2) is 54.7 Å². The fraction of sp³-hybridized carbons (Fsp3) is 0.500. The van der Waals surface area contributed by atoms with E-state index in [1.807, 2.05) is 11.3 Å². The Balaban J connectivity index is 1.53. The van der Waals surface area contributed by atoms with E-state index in [9.17, 15) is 0 Å². The fourth-order valence-electron chi connectivity index (χ4n) is 3.52. The van der Waals surface area contributed by atoms with Crippen molar-refractivity contribution >= 4 is 34.4 Å². The third-order valence-electron chi connectivity index (χ3n) is 5.34. The molecule has 3 rings (SSSR count). The van der Waals surface area contributed by atoms with Crippen LogP contribution in [0.15, 0.2) is 41.8 Å². The normalized spacial score (nSPS) is 16.6. The van der Waals surface area contributed by atoms with Gasteiger partial charge in [-0.2, -0.15) is 0 Å². The van der Waals surface area contributed by atoms with Crippen LogP contribution in [0.2, 0.25) is 0 Å². The Labute approximate surface area is 178 Å². The third kappa shape index (κ3) is 6.27. The van der Waals surface area contributed by atoms with Crippen LogP contribution in [0.5, 0.6) is 0 Å². The van der Waals surface area contributed by atoms with Crippen molar-refractivity contribution in [3.63, 3.8) is 0 Å². The topological polar surface area (TPSA) is 30.5 Å². The molecule has 0 bridgehead atoms. The molecule has 0 saturated carbocycles. The lowest BCUT2D eigenvalue weighted by Crippen LogP contribution is -2.48. The van der Waals surface area contributed by atoms with E-state index in [0.717, 1.165) is 44.8 Å². The van der Waals surface area contributed by atoms with Crippen LogP contribution >= 0.6 is 23.6 Å². The number of nitrogens with zero attached hydrogens (tertiary/aromatic N) is 2. The molecule has 2 aromatic rings. The molecule has 1 aliphatic rings. The Hall–Kier alpha value is -1.47. The van der Waals surface area contributed by atoms with E-state index in [2.05, 4.69) is 76.2 Å². The van der Waals surface area contributed by atoms with Gasteiger partial charge >= 0.3 is 0 Å². The summed E-state index contributed by atoms with van der Waals surface area (Å²) in [5.74, 6) is 0. The van der Waals surface area contributed by atoms with Gasteiger partial charge < -0.3 is 15.5 Å². The van der Waals surface area contributed by atoms with E-state index < -0.39 is 0 Å². The van der Waals surface area contributed by atoms with Crippen LogP contribution in [0.4, 0.5) is 5.69 Å². The summed E-state index contributed by atoms with van der Waals surface area (Å²) < 4.78 is 0. The SMILES string of the molecule is CCCCc1ccc(NC(=S)NC[C@@H](c2cccs2)N2CCN(C)CC2)cc1. The maximum Gasteiger partial charge on any atom is 0.170 e. The molecule has 1 fully saturated rings. The van der Waals surface area contributed by atoms with Gasteiger partial charge in [-0.05, 0) is 61.2 Å². The number of likely N-dealkylation sites (N-methyl/N-ethyl adjacent to an activating group) is 1. The van der Waals surface area contributed by atoms with E-state index in [-0.39, 0.29) is 0 Å². The summed E-state index contributed by atoms with van der Waals surface area (Å²) in [6, 6.07) is 13.4. The highest BCUT2D eigenvalue weighted by Gasteiger charge is 2.24. The zero-order valence-electron chi connectivity index (χ0n) is 17.0. The first-order valence-electron chi connectivity index (χ1n) is 10.3. The lowest BCUT2D eigenvalue weighted by Gasteiger charge is -2.37. The van der Waals surface area contributed by atoms with E-state index >= 15 is 0 Å². The number of hydrogen-bond acceptors (Lipinski definition) is 4. The predicted molar refractivity (Wildman–Crippen MR) is 125 cm³/mol. The molecule has 1 aromatic heterocycles. The summed E-state index contributed by atoms with van der Waals surface area (Å²) in [5.41, 5.74) is 2.43. The van der Waals surface area contributed by atoms with Crippen LogP contribution in [0, 0.1) is 0 Å². The minimum atomic E-state index is 0.366. The monoisotopic (exact) mass is 416 g/mol. The minimum absolute atomic E-state index is 0.366. The van der Waals surface area contributed by atoms with Gasteiger partial charge in [-0.15, -0.1) is 11.3 Å². The van der Waals surface area contributed by atoms with Crippen molar-refractivity contribution in [2.75, 3.05) is 45.1 Å². The lowest BCUT2D eigenvalue weighted by atomic mass is 10.1. The summed E-state index contributed by atoms with van der Waals surface area (Å²) in [6.07, 6.45) is 3.61. The van der Waals surface area contributed by atoms with Crippen LogP contribution < -0.4 is 10.6 Å². The van der Waals surface area contributed by atoms with Gasteiger partial charge in [0, 0.05) is 43.3 Å². The Kier molecular flexibility index (Phi) is 8.27. The molecule has 2 heterocycles. The average molecular weight is 417 g/mol. The van der Waals surface area contributed by atoms with Crippen molar-refractivity contribution < 1.29 is 0 Å². The second kappa shape index (κ2) is 10.9. The Bertz CT molecular complexity index is 707. The second-order valence-corrected chi connectivity index (χ2v) is 8.89. The molecule has 0 unspecified atom stereocenters. The summed E-state index contributed by atoms with van der Waals surface area (Å²) >= 11 is 7.39. The number of hydrogen-bond donors (Lipinski definition) is 2. The molecule has 1 aromatic carbocycles. The Morgan fingerprint density at radius 2 is 1.89 bits per heavy atom. The maximum atomic E-state index is 5.56. The van der Waals surface area contributed by atoms with Gasteiger partial charge in [0.2, 0.25) is 0 Å². The van der Waals surface area contributed by atoms with Crippen molar-refractivity contribution in [3.05, 3.63) is 52.2 Å². The molecule has 0 radical (unpaired) electrons.